The molecule has 0 aromatic heterocycles. The van der Waals surface area contributed by atoms with Gasteiger partial charge in [0.15, 0.2) is 0 Å². The van der Waals surface area contributed by atoms with Crippen LogP contribution in [0.25, 0.3) is 0 Å². The maximum atomic E-state index is 11.2. The van der Waals surface area contributed by atoms with Gasteiger partial charge >= 0.3 is 5.97 Å². The van der Waals surface area contributed by atoms with Crippen LogP contribution in [0.4, 0.5) is 0 Å². The lowest BCUT2D eigenvalue weighted by Crippen LogP contribution is -2.17. The number of nitrogens with two attached hydrogens (primary N) is 1. The number of hydrogen-bond donors (Lipinski definition) is 1. The maximum Gasteiger partial charge on any atom is 0.307 e. The maximum absolute atomic E-state index is 11.2. The van der Waals surface area contributed by atoms with Crippen molar-refractivity contribution in [3.8, 4) is 0 Å². The lowest BCUT2D eigenvalue weighted by molar-refractivity contribution is -0.143. The Balaban J connectivity index is 2.69. The molecule has 0 amide bonds. The van der Waals surface area contributed by atoms with Crippen LogP contribution in [0.1, 0.15) is 24.9 Å². The topological polar surface area (TPSA) is 52.3 Å². The molecule has 0 fully saturated rings. The van der Waals surface area contributed by atoms with Crippen LogP contribution in [0.3, 0.4) is 0 Å². The fourth-order valence-corrected chi connectivity index (χ4v) is 1.57. The summed E-state index contributed by atoms with van der Waals surface area (Å²) in [6.07, 6.45) is 0.131. The van der Waals surface area contributed by atoms with Crippen molar-refractivity contribution in [2.45, 2.75) is 19.4 Å². The van der Waals surface area contributed by atoms with Gasteiger partial charge in [0.1, 0.15) is 0 Å². The number of ether oxygens (including phenoxy) is 1. The molecule has 1 aromatic rings. The molecule has 0 saturated carbocycles. The highest BCUT2D eigenvalue weighted by molar-refractivity contribution is 6.42. The fourth-order valence-electron chi connectivity index (χ4n) is 1.26. The molecule has 0 saturated heterocycles. The first-order chi connectivity index (χ1) is 7.54. The molecule has 1 aromatic carbocycles. The van der Waals surface area contributed by atoms with Crippen molar-refractivity contribution in [2.24, 2.45) is 5.73 Å². The van der Waals surface area contributed by atoms with Crippen molar-refractivity contribution in [3.63, 3.8) is 0 Å². The molecule has 0 heterocycles. The number of hydrogen-bond acceptors (Lipinski definition) is 3. The van der Waals surface area contributed by atoms with E-state index >= 15 is 0 Å². The zero-order valence-electron chi connectivity index (χ0n) is 8.87. The summed E-state index contributed by atoms with van der Waals surface area (Å²) in [5.41, 5.74) is 6.61. The van der Waals surface area contributed by atoms with Crippen LogP contribution in [0.5, 0.6) is 0 Å². The summed E-state index contributed by atoms with van der Waals surface area (Å²) < 4.78 is 4.81. The summed E-state index contributed by atoms with van der Waals surface area (Å²) >= 11 is 11.6. The van der Waals surface area contributed by atoms with Crippen LogP contribution in [0.2, 0.25) is 10.0 Å². The third-order valence-corrected chi connectivity index (χ3v) is 2.80. The van der Waals surface area contributed by atoms with Gasteiger partial charge in [-0.05, 0) is 24.6 Å². The first-order valence-electron chi connectivity index (χ1n) is 4.90. The highest BCUT2D eigenvalue weighted by atomic mass is 35.5. The SMILES string of the molecule is CCOC(=O)C[C@@H](N)c1ccc(Cl)c(Cl)c1. The van der Waals surface area contributed by atoms with E-state index in [9.17, 15) is 4.79 Å². The van der Waals surface area contributed by atoms with Crippen molar-refractivity contribution in [1.29, 1.82) is 0 Å². The van der Waals surface area contributed by atoms with Crippen LogP contribution in [0.15, 0.2) is 18.2 Å². The Morgan fingerprint density at radius 3 is 2.69 bits per heavy atom. The number of rotatable bonds is 4. The largest absolute Gasteiger partial charge is 0.466 e. The number of benzene rings is 1. The molecule has 2 N–H and O–H groups in total. The molecule has 5 heteroatoms. The van der Waals surface area contributed by atoms with E-state index in [4.69, 9.17) is 33.7 Å². The smallest absolute Gasteiger partial charge is 0.307 e. The first kappa shape index (κ1) is 13.3. The van der Waals surface area contributed by atoms with Gasteiger partial charge < -0.3 is 10.5 Å². The lowest BCUT2D eigenvalue weighted by Gasteiger charge is -2.11. The predicted molar refractivity (Wildman–Crippen MR) is 64.6 cm³/mol. The third kappa shape index (κ3) is 3.67. The van der Waals surface area contributed by atoms with E-state index in [1.165, 1.54) is 0 Å². The van der Waals surface area contributed by atoms with Gasteiger partial charge in [0, 0.05) is 6.04 Å². The molecular weight excluding hydrogens is 249 g/mol. The fraction of sp³-hybridized carbons (Fsp3) is 0.364. The Labute approximate surface area is 104 Å². The van der Waals surface area contributed by atoms with E-state index < -0.39 is 6.04 Å². The van der Waals surface area contributed by atoms with Gasteiger partial charge in [-0.2, -0.15) is 0 Å². The second-order valence-corrected chi connectivity index (χ2v) is 4.10. The van der Waals surface area contributed by atoms with Gasteiger partial charge in [0.25, 0.3) is 0 Å². The molecule has 0 unspecified atom stereocenters. The third-order valence-electron chi connectivity index (χ3n) is 2.06. The Bertz CT molecular complexity index is 382. The second-order valence-electron chi connectivity index (χ2n) is 3.29. The predicted octanol–water partition coefficient (Wildman–Crippen LogP) is 2.95. The quantitative estimate of drug-likeness (QED) is 0.849. The Morgan fingerprint density at radius 1 is 1.44 bits per heavy atom. The van der Waals surface area contributed by atoms with E-state index in [1.54, 1.807) is 25.1 Å². The summed E-state index contributed by atoms with van der Waals surface area (Å²) in [4.78, 5) is 11.2. The van der Waals surface area contributed by atoms with Crippen molar-refractivity contribution in [2.75, 3.05) is 6.61 Å². The summed E-state index contributed by atoms with van der Waals surface area (Å²) in [6.45, 7) is 2.11. The molecule has 1 rings (SSSR count). The number of carbonyl (C=O) groups is 1. The average molecular weight is 262 g/mol. The first-order valence-corrected chi connectivity index (χ1v) is 5.66. The van der Waals surface area contributed by atoms with Crippen molar-refractivity contribution in [1.82, 2.24) is 0 Å². The van der Waals surface area contributed by atoms with Gasteiger partial charge in [-0.15, -0.1) is 0 Å². The standard InChI is InChI=1S/C11H13Cl2NO2/c1-2-16-11(15)6-10(14)7-3-4-8(12)9(13)5-7/h3-5,10H,2,6,14H2,1H3/t10-/m1/s1. The van der Waals surface area contributed by atoms with Gasteiger partial charge in [0.2, 0.25) is 0 Å². The van der Waals surface area contributed by atoms with Crippen LogP contribution in [0, 0.1) is 0 Å². The van der Waals surface area contributed by atoms with E-state index in [1.807, 2.05) is 0 Å². The van der Waals surface area contributed by atoms with Crippen LogP contribution in [-0.4, -0.2) is 12.6 Å². The van der Waals surface area contributed by atoms with Crippen molar-refractivity contribution in [3.05, 3.63) is 33.8 Å². The average Bonchev–Trinajstić information content (AvgIpc) is 2.22. The summed E-state index contributed by atoms with van der Waals surface area (Å²) in [7, 11) is 0. The van der Waals surface area contributed by atoms with Crippen LogP contribution in [-0.2, 0) is 9.53 Å². The molecule has 0 bridgehead atoms. The molecule has 0 radical (unpaired) electrons. The van der Waals surface area contributed by atoms with Crippen LogP contribution >= 0.6 is 23.2 Å². The van der Waals surface area contributed by atoms with E-state index in [2.05, 4.69) is 0 Å². The summed E-state index contributed by atoms with van der Waals surface area (Å²) in [6, 6.07) is 4.64. The molecule has 0 aliphatic heterocycles. The van der Waals surface area contributed by atoms with Gasteiger partial charge in [-0.3, -0.25) is 4.79 Å². The lowest BCUT2D eigenvalue weighted by atomic mass is 10.1. The van der Waals surface area contributed by atoms with E-state index in [0.29, 0.717) is 16.7 Å². The zero-order chi connectivity index (χ0) is 12.1. The molecule has 0 aliphatic carbocycles. The van der Waals surface area contributed by atoms with Crippen molar-refractivity contribution < 1.29 is 9.53 Å². The minimum atomic E-state index is -0.422. The molecule has 16 heavy (non-hydrogen) atoms. The van der Waals surface area contributed by atoms with Gasteiger partial charge in [-0.1, -0.05) is 29.3 Å². The van der Waals surface area contributed by atoms with E-state index in [0.717, 1.165) is 5.56 Å². The van der Waals surface area contributed by atoms with Gasteiger partial charge in [-0.25, -0.2) is 0 Å². The summed E-state index contributed by atoms with van der Waals surface area (Å²) in [5.74, 6) is -0.318. The Kier molecular flexibility index (Phi) is 5.06. The molecule has 0 aliphatic rings. The monoisotopic (exact) mass is 261 g/mol. The number of carbonyl (C=O) groups excluding carboxylic acids is 1. The Hall–Kier alpha value is -0.770. The second kappa shape index (κ2) is 6.09. The zero-order valence-corrected chi connectivity index (χ0v) is 10.4. The molecule has 3 nitrogen and oxygen atoms in total. The van der Waals surface area contributed by atoms with Crippen LogP contribution < -0.4 is 5.73 Å². The Morgan fingerprint density at radius 2 is 2.12 bits per heavy atom. The van der Waals surface area contributed by atoms with E-state index in [-0.39, 0.29) is 12.4 Å². The highest BCUT2D eigenvalue weighted by Gasteiger charge is 2.13. The summed E-state index contributed by atoms with van der Waals surface area (Å²) in [5, 5.41) is 0.896. The number of halogens is 2. The van der Waals surface area contributed by atoms with Gasteiger partial charge in [0.05, 0.1) is 23.1 Å². The highest BCUT2D eigenvalue weighted by Crippen LogP contribution is 2.26. The molecule has 1 atom stereocenters. The minimum Gasteiger partial charge on any atom is -0.466 e. The van der Waals surface area contributed by atoms with Crippen molar-refractivity contribution >= 4 is 29.2 Å². The molecule has 0 spiro atoms. The molecular formula is C11H13Cl2NO2. The normalized spacial score (nSPS) is 12.2. The number of esters is 1. The minimum absolute atomic E-state index is 0.131. The molecule has 88 valence electrons.